The van der Waals surface area contributed by atoms with E-state index in [1.165, 1.54) is 7.11 Å². The molecule has 104 valence electrons. The van der Waals surface area contributed by atoms with Gasteiger partial charge in [-0.1, -0.05) is 12.1 Å². The van der Waals surface area contributed by atoms with Gasteiger partial charge in [0, 0.05) is 26.1 Å². The molecule has 1 heterocycles. The molecule has 1 saturated heterocycles. The summed E-state index contributed by atoms with van der Waals surface area (Å²) in [5, 5.41) is 3.29. The molecule has 0 atom stereocenters. The molecule has 0 saturated carbocycles. The molecule has 1 aliphatic rings. The monoisotopic (exact) mass is 265 g/mol. The van der Waals surface area contributed by atoms with Crippen LogP contribution in [0, 0.1) is 0 Å². The zero-order chi connectivity index (χ0) is 13.7. The second-order valence-electron chi connectivity index (χ2n) is 4.51. The third kappa shape index (κ3) is 2.81. The van der Waals surface area contributed by atoms with Crippen LogP contribution in [-0.2, 0) is 14.3 Å². The number of benzene rings is 1. The van der Waals surface area contributed by atoms with Crippen molar-refractivity contribution in [1.82, 2.24) is 0 Å². The molecular formula is C14H19NO4. The van der Waals surface area contributed by atoms with Gasteiger partial charge in [0.2, 0.25) is 0 Å². The fourth-order valence-corrected chi connectivity index (χ4v) is 2.30. The first-order valence-corrected chi connectivity index (χ1v) is 6.29. The highest BCUT2D eigenvalue weighted by Crippen LogP contribution is 2.32. The molecule has 0 aliphatic carbocycles. The van der Waals surface area contributed by atoms with E-state index in [9.17, 15) is 4.79 Å². The third-order valence-corrected chi connectivity index (χ3v) is 3.40. The SMILES string of the molecule is COC(=O)C1(Nc2ccccc2OC)CCOCC1. The zero-order valence-corrected chi connectivity index (χ0v) is 11.3. The number of carbonyl (C=O) groups is 1. The number of carbonyl (C=O) groups excluding carboxylic acids is 1. The normalized spacial score (nSPS) is 17.6. The number of anilines is 1. The average molecular weight is 265 g/mol. The summed E-state index contributed by atoms with van der Waals surface area (Å²) in [6.45, 7) is 1.08. The molecule has 0 spiro atoms. The Morgan fingerprint density at radius 3 is 2.58 bits per heavy atom. The number of para-hydroxylation sites is 2. The van der Waals surface area contributed by atoms with E-state index in [1.54, 1.807) is 7.11 Å². The van der Waals surface area contributed by atoms with Crippen molar-refractivity contribution in [2.45, 2.75) is 18.4 Å². The van der Waals surface area contributed by atoms with Gasteiger partial charge in [-0.3, -0.25) is 0 Å². The lowest BCUT2D eigenvalue weighted by atomic mass is 9.89. The van der Waals surface area contributed by atoms with Crippen LogP contribution in [0.2, 0.25) is 0 Å². The van der Waals surface area contributed by atoms with Crippen LogP contribution in [0.5, 0.6) is 5.75 Å². The predicted octanol–water partition coefficient (Wildman–Crippen LogP) is 1.83. The van der Waals surface area contributed by atoms with Gasteiger partial charge in [-0.2, -0.15) is 0 Å². The maximum atomic E-state index is 12.1. The molecule has 0 amide bonds. The summed E-state index contributed by atoms with van der Waals surface area (Å²) >= 11 is 0. The Morgan fingerprint density at radius 2 is 1.95 bits per heavy atom. The Hall–Kier alpha value is -1.75. The maximum Gasteiger partial charge on any atom is 0.331 e. The van der Waals surface area contributed by atoms with Crippen molar-refractivity contribution < 1.29 is 19.0 Å². The molecule has 0 aromatic heterocycles. The van der Waals surface area contributed by atoms with Crippen LogP contribution in [0.4, 0.5) is 5.69 Å². The summed E-state index contributed by atoms with van der Waals surface area (Å²) in [6, 6.07) is 7.53. The number of nitrogens with one attached hydrogen (secondary N) is 1. The number of ether oxygens (including phenoxy) is 3. The van der Waals surface area contributed by atoms with Crippen molar-refractivity contribution in [3.8, 4) is 5.75 Å². The van der Waals surface area contributed by atoms with Crippen LogP contribution in [0.15, 0.2) is 24.3 Å². The van der Waals surface area contributed by atoms with Crippen molar-refractivity contribution in [2.24, 2.45) is 0 Å². The summed E-state index contributed by atoms with van der Waals surface area (Å²) in [6.07, 6.45) is 1.16. The van der Waals surface area contributed by atoms with Crippen LogP contribution in [0.1, 0.15) is 12.8 Å². The Morgan fingerprint density at radius 1 is 1.26 bits per heavy atom. The fraction of sp³-hybridized carbons (Fsp3) is 0.500. The van der Waals surface area contributed by atoms with Gasteiger partial charge in [-0.05, 0) is 12.1 Å². The van der Waals surface area contributed by atoms with E-state index < -0.39 is 5.54 Å². The van der Waals surface area contributed by atoms with E-state index in [4.69, 9.17) is 14.2 Å². The van der Waals surface area contributed by atoms with E-state index >= 15 is 0 Å². The van der Waals surface area contributed by atoms with Crippen LogP contribution in [0.3, 0.4) is 0 Å². The minimum Gasteiger partial charge on any atom is -0.495 e. The summed E-state index contributed by atoms with van der Waals surface area (Å²) in [7, 11) is 3.01. The number of methoxy groups -OCH3 is 2. The van der Waals surface area contributed by atoms with Crippen LogP contribution < -0.4 is 10.1 Å². The number of hydrogen-bond donors (Lipinski definition) is 1. The highest BCUT2D eigenvalue weighted by molar-refractivity contribution is 5.85. The molecule has 5 heteroatoms. The van der Waals surface area contributed by atoms with Crippen molar-refractivity contribution in [2.75, 3.05) is 32.8 Å². The zero-order valence-electron chi connectivity index (χ0n) is 11.3. The lowest BCUT2D eigenvalue weighted by molar-refractivity contribution is -0.149. The predicted molar refractivity (Wildman–Crippen MR) is 71.4 cm³/mol. The van der Waals surface area contributed by atoms with E-state index in [1.807, 2.05) is 24.3 Å². The number of rotatable bonds is 4. The van der Waals surface area contributed by atoms with Crippen molar-refractivity contribution in [1.29, 1.82) is 0 Å². The second kappa shape index (κ2) is 5.93. The molecular weight excluding hydrogens is 246 g/mol. The Kier molecular flexibility index (Phi) is 4.27. The molecule has 0 radical (unpaired) electrons. The molecule has 0 bridgehead atoms. The Bertz CT molecular complexity index is 441. The van der Waals surface area contributed by atoms with Crippen LogP contribution in [-0.4, -0.2) is 38.9 Å². The molecule has 1 aromatic rings. The van der Waals surface area contributed by atoms with Gasteiger partial charge >= 0.3 is 5.97 Å². The maximum absolute atomic E-state index is 12.1. The summed E-state index contributed by atoms with van der Waals surface area (Å²) in [5.41, 5.74) is 0.0547. The molecule has 0 unspecified atom stereocenters. The van der Waals surface area contributed by atoms with Crippen molar-refractivity contribution in [3.05, 3.63) is 24.3 Å². The molecule has 19 heavy (non-hydrogen) atoms. The first kappa shape index (κ1) is 13.7. The first-order chi connectivity index (χ1) is 9.22. The van der Waals surface area contributed by atoms with E-state index in [-0.39, 0.29) is 5.97 Å². The average Bonchev–Trinajstić information content (AvgIpc) is 2.48. The Balaban J connectivity index is 2.27. The summed E-state index contributed by atoms with van der Waals surface area (Å²) in [5.74, 6) is 0.443. The molecule has 1 fully saturated rings. The number of esters is 1. The van der Waals surface area contributed by atoms with Crippen LogP contribution in [0.25, 0.3) is 0 Å². The Labute approximate surface area is 112 Å². The van der Waals surface area contributed by atoms with Gasteiger partial charge in [0.1, 0.15) is 11.3 Å². The fourth-order valence-electron chi connectivity index (χ4n) is 2.30. The third-order valence-electron chi connectivity index (χ3n) is 3.40. The van der Waals surface area contributed by atoms with Crippen molar-refractivity contribution >= 4 is 11.7 Å². The van der Waals surface area contributed by atoms with E-state index in [2.05, 4.69) is 5.32 Å². The van der Waals surface area contributed by atoms with E-state index in [0.29, 0.717) is 31.8 Å². The molecule has 5 nitrogen and oxygen atoms in total. The quantitative estimate of drug-likeness (QED) is 0.842. The van der Waals surface area contributed by atoms with Gasteiger partial charge in [-0.15, -0.1) is 0 Å². The molecule has 1 N–H and O–H groups in total. The van der Waals surface area contributed by atoms with E-state index in [0.717, 1.165) is 5.69 Å². The topological polar surface area (TPSA) is 56.8 Å². The minimum atomic E-state index is -0.734. The van der Waals surface area contributed by atoms with Crippen molar-refractivity contribution in [3.63, 3.8) is 0 Å². The van der Waals surface area contributed by atoms with Crippen LogP contribution >= 0.6 is 0 Å². The van der Waals surface area contributed by atoms with Gasteiger partial charge in [-0.25, -0.2) is 4.79 Å². The molecule has 1 aliphatic heterocycles. The minimum absolute atomic E-state index is 0.262. The second-order valence-corrected chi connectivity index (χ2v) is 4.51. The van der Waals surface area contributed by atoms with Gasteiger partial charge in [0.25, 0.3) is 0 Å². The number of hydrogen-bond acceptors (Lipinski definition) is 5. The molecule has 1 aromatic carbocycles. The summed E-state index contributed by atoms with van der Waals surface area (Å²) in [4.78, 5) is 12.1. The van der Waals surface area contributed by atoms with Gasteiger partial charge in [0.15, 0.2) is 0 Å². The summed E-state index contributed by atoms with van der Waals surface area (Å²) < 4.78 is 15.6. The lowest BCUT2D eigenvalue weighted by Gasteiger charge is -2.36. The highest BCUT2D eigenvalue weighted by Gasteiger charge is 2.41. The molecule has 2 rings (SSSR count). The van der Waals surface area contributed by atoms with Gasteiger partial charge < -0.3 is 19.5 Å². The lowest BCUT2D eigenvalue weighted by Crippen LogP contribution is -2.51. The first-order valence-electron chi connectivity index (χ1n) is 6.29. The smallest absolute Gasteiger partial charge is 0.331 e. The largest absolute Gasteiger partial charge is 0.495 e. The standard InChI is InChI=1S/C14H19NO4/c1-17-12-6-4-3-5-11(12)15-14(13(16)18-2)7-9-19-10-8-14/h3-6,15H,7-10H2,1-2H3. The highest BCUT2D eigenvalue weighted by atomic mass is 16.5. The van der Waals surface area contributed by atoms with Gasteiger partial charge in [0.05, 0.1) is 19.9 Å².